The number of carbonyl (C=O) groups excluding carboxylic acids is 1. The maximum absolute atomic E-state index is 12.9. The number of nitrogens with zero attached hydrogens (tertiary/aromatic N) is 1. The molecular weight excluding hydrogens is 335 g/mol. The van der Waals surface area contributed by atoms with Crippen molar-refractivity contribution in [2.24, 2.45) is 0 Å². The molecule has 1 aliphatic rings. The summed E-state index contributed by atoms with van der Waals surface area (Å²) in [6.45, 7) is 0.00131. The molecule has 1 heterocycles. The maximum atomic E-state index is 12.9. The normalized spacial score (nSPS) is 20.2. The molecule has 1 amide bonds. The predicted molar refractivity (Wildman–Crippen MR) is 84.2 cm³/mol. The lowest BCUT2D eigenvalue weighted by Crippen LogP contribution is -2.58. The molecule has 4 nitrogen and oxygen atoms in total. The number of halogens is 3. The van der Waals surface area contributed by atoms with E-state index in [1.807, 2.05) is 30.3 Å². The summed E-state index contributed by atoms with van der Waals surface area (Å²) in [4.78, 5) is 13.9. The van der Waals surface area contributed by atoms with Gasteiger partial charge in [-0.25, -0.2) is 0 Å². The van der Waals surface area contributed by atoms with Gasteiger partial charge in [0, 0.05) is 18.0 Å². The highest BCUT2D eigenvalue weighted by atomic mass is 19.4. The van der Waals surface area contributed by atoms with Crippen molar-refractivity contribution < 1.29 is 28.2 Å². The number of aliphatic hydroxyl groups excluding tert-OH is 1. The lowest BCUT2D eigenvalue weighted by atomic mass is 9.82. The van der Waals surface area contributed by atoms with Crippen molar-refractivity contribution in [1.82, 2.24) is 4.90 Å². The van der Waals surface area contributed by atoms with Crippen LogP contribution >= 0.6 is 0 Å². The molecule has 0 saturated carbocycles. The molecule has 3 rings (SSSR count). The molecule has 25 heavy (non-hydrogen) atoms. The number of aliphatic hydroxyl groups is 1. The Morgan fingerprint density at radius 1 is 1.16 bits per heavy atom. The number of aromatic hydroxyl groups is 1. The van der Waals surface area contributed by atoms with Crippen LogP contribution in [0.25, 0.3) is 0 Å². The number of rotatable bonds is 3. The molecule has 1 fully saturated rings. The average molecular weight is 351 g/mol. The van der Waals surface area contributed by atoms with Crippen LogP contribution < -0.4 is 0 Å². The number of phenolic OH excluding ortho intramolecular Hbond substituents is 1. The van der Waals surface area contributed by atoms with E-state index in [0.29, 0.717) is 18.7 Å². The molecular formula is C18H16F3NO3. The second-order valence-corrected chi connectivity index (χ2v) is 5.99. The molecule has 0 bridgehead atoms. The Labute approximate surface area is 142 Å². The number of phenols is 1. The molecule has 0 spiro atoms. The summed E-state index contributed by atoms with van der Waals surface area (Å²) in [5.41, 5.74) is -0.383. The van der Waals surface area contributed by atoms with Crippen molar-refractivity contribution in [3.05, 3.63) is 65.2 Å². The van der Waals surface area contributed by atoms with Gasteiger partial charge in [0.2, 0.25) is 0 Å². The van der Waals surface area contributed by atoms with Crippen LogP contribution in [-0.2, 0) is 6.18 Å². The first-order chi connectivity index (χ1) is 11.8. The molecule has 132 valence electrons. The predicted octanol–water partition coefficient (Wildman–Crippen LogP) is 3.01. The highest BCUT2D eigenvalue weighted by Gasteiger charge is 2.43. The minimum Gasteiger partial charge on any atom is -0.508 e. The molecule has 0 radical (unpaired) electrons. The Morgan fingerprint density at radius 3 is 2.44 bits per heavy atom. The van der Waals surface area contributed by atoms with Gasteiger partial charge in [0.1, 0.15) is 5.75 Å². The second-order valence-electron chi connectivity index (χ2n) is 5.99. The van der Waals surface area contributed by atoms with Crippen LogP contribution in [0.15, 0.2) is 48.5 Å². The van der Waals surface area contributed by atoms with Crippen LogP contribution in [0.3, 0.4) is 0 Å². The maximum Gasteiger partial charge on any atom is 0.416 e. The highest BCUT2D eigenvalue weighted by molar-refractivity contribution is 5.96. The zero-order valence-electron chi connectivity index (χ0n) is 13.1. The number of carbonyl (C=O) groups is 1. The lowest BCUT2D eigenvalue weighted by Gasteiger charge is -2.47. The first kappa shape index (κ1) is 17.3. The van der Waals surface area contributed by atoms with Gasteiger partial charge in [-0.2, -0.15) is 13.2 Å². The zero-order valence-corrected chi connectivity index (χ0v) is 13.1. The Balaban J connectivity index is 1.84. The fourth-order valence-electron chi connectivity index (χ4n) is 3.10. The summed E-state index contributed by atoms with van der Waals surface area (Å²) in [7, 11) is 0. The molecule has 2 unspecified atom stereocenters. The van der Waals surface area contributed by atoms with E-state index in [1.165, 1.54) is 4.90 Å². The molecule has 2 atom stereocenters. The number of likely N-dealkylation sites (tertiary alicyclic amines) is 1. The summed E-state index contributed by atoms with van der Waals surface area (Å²) < 4.78 is 38.6. The number of benzene rings is 2. The van der Waals surface area contributed by atoms with E-state index in [-0.39, 0.29) is 18.1 Å². The number of amides is 1. The van der Waals surface area contributed by atoms with Crippen LogP contribution in [0.5, 0.6) is 5.75 Å². The Morgan fingerprint density at radius 2 is 1.84 bits per heavy atom. The minimum atomic E-state index is -4.66. The molecule has 7 heteroatoms. The van der Waals surface area contributed by atoms with Gasteiger partial charge in [-0.05, 0) is 23.8 Å². The first-order valence-corrected chi connectivity index (χ1v) is 7.69. The molecule has 2 N–H and O–H groups in total. The van der Waals surface area contributed by atoms with Crippen LogP contribution in [0.2, 0.25) is 0 Å². The fraction of sp³-hybridized carbons (Fsp3) is 0.278. The molecule has 0 aliphatic carbocycles. The molecule has 2 aromatic carbocycles. The van der Waals surface area contributed by atoms with Gasteiger partial charge in [0.25, 0.3) is 5.91 Å². The van der Waals surface area contributed by atoms with Crippen LogP contribution in [0.4, 0.5) is 13.2 Å². The van der Waals surface area contributed by atoms with Crippen molar-refractivity contribution in [3.8, 4) is 5.75 Å². The number of hydrogen-bond donors (Lipinski definition) is 2. The number of hydrogen-bond acceptors (Lipinski definition) is 3. The van der Waals surface area contributed by atoms with Gasteiger partial charge >= 0.3 is 6.18 Å². The van der Waals surface area contributed by atoms with Crippen molar-refractivity contribution >= 4 is 5.91 Å². The molecule has 1 saturated heterocycles. The van der Waals surface area contributed by atoms with Gasteiger partial charge in [-0.15, -0.1) is 0 Å². The molecule has 0 aromatic heterocycles. The first-order valence-electron chi connectivity index (χ1n) is 7.69. The second kappa shape index (κ2) is 6.40. The smallest absolute Gasteiger partial charge is 0.416 e. The summed E-state index contributed by atoms with van der Waals surface area (Å²) in [6, 6.07) is 11.1. The molecule has 2 aromatic rings. The fourth-order valence-corrected chi connectivity index (χ4v) is 3.10. The summed E-state index contributed by atoms with van der Waals surface area (Å²) in [6.07, 6.45) is -4.66. The van der Waals surface area contributed by atoms with Gasteiger partial charge in [0.05, 0.1) is 18.2 Å². The Bertz CT molecular complexity index is 777. The van der Waals surface area contributed by atoms with Gasteiger partial charge in [-0.1, -0.05) is 30.3 Å². The van der Waals surface area contributed by atoms with Crippen LogP contribution in [0, 0.1) is 0 Å². The van der Waals surface area contributed by atoms with Gasteiger partial charge in [0.15, 0.2) is 0 Å². The van der Waals surface area contributed by atoms with Crippen molar-refractivity contribution in [2.45, 2.75) is 18.1 Å². The van der Waals surface area contributed by atoms with E-state index in [0.717, 1.165) is 11.6 Å². The standard InChI is InChI=1S/C18H16F3NO3/c19-18(20,21)13-6-12(7-14(24)8-13)17(25)22-9-15(16(22)10-23)11-4-2-1-3-5-11/h1-8,15-16,23-24H,9-10H2. The van der Waals surface area contributed by atoms with E-state index in [2.05, 4.69) is 0 Å². The number of alkyl halides is 3. The van der Waals surface area contributed by atoms with E-state index >= 15 is 0 Å². The van der Waals surface area contributed by atoms with Gasteiger partial charge < -0.3 is 15.1 Å². The Hall–Kier alpha value is -2.54. The highest BCUT2D eigenvalue weighted by Crippen LogP contribution is 2.37. The lowest BCUT2D eigenvalue weighted by molar-refractivity contribution is -0.137. The average Bonchev–Trinajstić information content (AvgIpc) is 2.54. The van der Waals surface area contributed by atoms with Crippen molar-refractivity contribution in [1.29, 1.82) is 0 Å². The summed E-state index contributed by atoms with van der Waals surface area (Å²) >= 11 is 0. The Kier molecular flexibility index (Phi) is 4.43. The van der Waals surface area contributed by atoms with Gasteiger partial charge in [-0.3, -0.25) is 4.79 Å². The third kappa shape index (κ3) is 3.32. The monoisotopic (exact) mass is 351 g/mol. The third-order valence-corrected chi connectivity index (χ3v) is 4.43. The minimum absolute atomic E-state index is 0.0745. The SMILES string of the molecule is O=C(c1cc(O)cc(C(F)(F)F)c1)N1CC(c2ccccc2)C1CO. The summed E-state index contributed by atoms with van der Waals surface area (Å²) in [5, 5.41) is 19.1. The third-order valence-electron chi connectivity index (χ3n) is 4.43. The zero-order chi connectivity index (χ0) is 18.2. The van der Waals surface area contributed by atoms with Crippen molar-refractivity contribution in [2.75, 3.05) is 13.2 Å². The van der Waals surface area contributed by atoms with Crippen LogP contribution in [-0.4, -0.2) is 40.2 Å². The summed E-state index contributed by atoms with van der Waals surface area (Å²) in [5.74, 6) is -1.35. The largest absolute Gasteiger partial charge is 0.508 e. The van der Waals surface area contributed by atoms with E-state index in [1.54, 1.807) is 0 Å². The van der Waals surface area contributed by atoms with E-state index in [4.69, 9.17) is 0 Å². The van der Waals surface area contributed by atoms with E-state index < -0.39 is 29.4 Å². The van der Waals surface area contributed by atoms with E-state index in [9.17, 15) is 28.2 Å². The molecule has 1 aliphatic heterocycles. The van der Waals surface area contributed by atoms with Crippen molar-refractivity contribution in [3.63, 3.8) is 0 Å². The van der Waals surface area contributed by atoms with Crippen LogP contribution in [0.1, 0.15) is 27.4 Å². The topological polar surface area (TPSA) is 60.8 Å². The quantitative estimate of drug-likeness (QED) is 0.894.